The quantitative estimate of drug-likeness (QED) is 0.691. The summed E-state index contributed by atoms with van der Waals surface area (Å²) >= 11 is 0. The first-order chi connectivity index (χ1) is 10.5. The molecule has 2 atom stereocenters. The summed E-state index contributed by atoms with van der Waals surface area (Å²) in [5.41, 5.74) is 4.17. The molecule has 1 saturated heterocycles. The third-order valence-electron chi connectivity index (χ3n) is 5.82. The molecule has 2 rings (SSSR count). The van der Waals surface area contributed by atoms with Gasteiger partial charge >= 0.3 is 0 Å². The first kappa shape index (κ1) is 17.3. The SMILES string of the molecule is C/C=C(C)\C(CC)=C1\[C@H](CC)C(=O)N(CC2CCCC2)[C@@H]1C. The topological polar surface area (TPSA) is 20.3 Å². The Bertz CT molecular complexity index is 468. The van der Waals surface area contributed by atoms with Crippen molar-refractivity contribution in [1.29, 1.82) is 0 Å². The summed E-state index contributed by atoms with van der Waals surface area (Å²) in [6.07, 6.45) is 9.45. The van der Waals surface area contributed by atoms with E-state index < -0.39 is 0 Å². The number of hydrogen-bond donors (Lipinski definition) is 0. The molecule has 1 saturated carbocycles. The number of rotatable bonds is 5. The molecule has 0 spiro atoms. The molecule has 0 aromatic carbocycles. The average molecular weight is 303 g/mol. The number of hydrogen-bond acceptors (Lipinski definition) is 1. The smallest absolute Gasteiger partial charge is 0.230 e. The molecule has 22 heavy (non-hydrogen) atoms. The third-order valence-corrected chi connectivity index (χ3v) is 5.82. The van der Waals surface area contributed by atoms with Gasteiger partial charge in [0.2, 0.25) is 5.91 Å². The zero-order valence-corrected chi connectivity index (χ0v) is 15.1. The van der Waals surface area contributed by atoms with Gasteiger partial charge in [-0.2, -0.15) is 0 Å². The summed E-state index contributed by atoms with van der Waals surface area (Å²) in [4.78, 5) is 15.1. The largest absolute Gasteiger partial charge is 0.335 e. The lowest BCUT2D eigenvalue weighted by Crippen LogP contribution is -2.36. The minimum Gasteiger partial charge on any atom is -0.335 e. The maximum absolute atomic E-state index is 12.9. The van der Waals surface area contributed by atoms with Gasteiger partial charge in [0, 0.05) is 6.54 Å². The zero-order valence-electron chi connectivity index (χ0n) is 15.1. The summed E-state index contributed by atoms with van der Waals surface area (Å²) in [5.74, 6) is 1.23. The second-order valence-corrected chi connectivity index (χ2v) is 7.04. The van der Waals surface area contributed by atoms with Gasteiger partial charge in [0.1, 0.15) is 0 Å². The van der Waals surface area contributed by atoms with Crippen LogP contribution in [0.1, 0.15) is 73.1 Å². The Morgan fingerprint density at radius 1 is 1.27 bits per heavy atom. The molecule has 0 unspecified atom stereocenters. The molecule has 2 fully saturated rings. The number of allylic oxidation sites excluding steroid dienone is 3. The molecule has 1 heterocycles. The van der Waals surface area contributed by atoms with Crippen LogP contribution >= 0.6 is 0 Å². The Kier molecular flexibility index (Phi) is 5.88. The van der Waals surface area contributed by atoms with Gasteiger partial charge in [0.05, 0.1) is 12.0 Å². The van der Waals surface area contributed by atoms with Crippen molar-refractivity contribution < 1.29 is 4.79 Å². The molecule has 0 radical (unpaired) electrons. The van der Waals surface area contributed by atoms with E-state index in [9.17, 15) is 4.79 Å². The highest BCUT2D eigenvalue weighted by Crippen LogP contribution is 2.39. The lowest BCUT2D eigenvalue weighted by molar-refractivity contribution is -0.132. The van der Waals surface area contributed by atoms with E-state index >= 15 is 0 Å². The van der Waals surface area contributed by atoms with E-state index in [0.717, 1.165) is 25.3 Å². The zero-order chi connectivity index (χ0) is 16.3. The minimum absolute atomic E-state index is 0.112. The molecule has 0 N–H and O–H groups in total. The fourth-order valence-corrected chi connectivity index (χ4v) is 4.44. The van der Waals surface area contributed by atoms with Crippen LogP contribution in [0.3, 0.4) is 0 Å². The second-order valence-electron chi connectivity index (χ2n) is 7.04. The third kappa shape index (κ3) is 3.16. The molecule has 0 aromatic rings. The van der Waals surface area contributed by atoms with E-state index in [0.29, 0.717) is 5.91 Å². The van der Waals surface area contributed by atoms with Crippen LogP contribution in [0.5, 0.6) is 0 Å². The Hall–Kier alpha value is -1.05. The van der Waals surface area contributed by atoms with E-state index in [4.69, 9.17) is 0 Å². The number of nitrogens with zero attached hydrogens (tertiary/aromatic N) is 1. The van der Waals surface area contributed by atoms with Crippen LogP contribution in [-0.2, 0) is 4.79 Å². The summed E-state index contributed by atoms with van der Waals surface area (Å²) in [5, 5.41) is 0. The summed E-state index contributed by atoms with van der Waals surface area (Å²) in [7, 11) is 0. The van der Waals surface area contributed by atoms with Crippen molar-refractivity contribution in [2.75, 3.05) is 6.54 Å². The Balaban J connectivity index is 2.33. The molecule has 0 aromatic heterocycles. The standard InChI is InChI=1S/C20H33NO/c1-6-14(4)17(7-2)19-15(5)21(20(22)18(19)8-3)13-16-11-9-10-12-16/h6,15-16,18H,7-13H2,1-5H3/b14-6-,19-17+/t15-,18+/m1/s1. The molecule has 2 aliphatic rings. The highest BCUT2D eigenvalue weighted by molar-refractivity contribution is 5.86. The van der Waals surface area contributed by atoms with Crippen LogP contribution < -0.4 is 0 Å². The molecule has 2 nitrogen and oxygen atoms in total. The maximum Gasteiger partial charge on any atom is 0.230 e. The number of amides is 1. The van der Waals surface area contributed by atoms with Gasteiger partial charge in [-0.25, -0.2) is 0 Å². The van der Waals surface area contributed by atoms with Crippen LogP contribution in [0.25, 0.3) is 0 Å². The molecule has 1 aliphatic carbocycles. The van der Waals surface area contributed by atoms with Crippen molar-refractivity contribution in [1.82, 2.24) is 4.90 Å². The van der Waals surface area contributed by atoms with Crippen LogP contribution in [0, 0.1) is 11.8 Å². The van der Waals surface area contributed by atoms with Gasteiger partial charge in [-0.3, -0.25) is 4.79 Å². The Labute approximate surface area is 136 Å². The molecule has 0 bridgehead atoms. The molecule has 1 amide bonds. The van der Waals surface area contributed by atoms with Crippen LogP contribution in [0.2, 0.25) is 0 Å². The van der Waals surface area contributed by atoms with E-state index in [1.165, 1.54) is 42.4 Å². The number of carbonyl (C=O) groups excluding carboxylic acids is 1. The molecule has 124 valence electrons. The lowest BCUT2D eigenvalue weighted by atomic mass is 9.87. The van der Waals surface area contributed by atoms with Gasteiger partial charge in [0.25, 0.3) is 0 Å². The maximum atomic E-state index is 12.9. The van der Waals surface area contributed by atoms with Gasteiger partial charge in [0.15, 0.2) is 0 Å². The molecular weight excluding hydrogens is 270 g/mol. The van der Waals surface area contributed by atoms with Gasteiger partial charge in [-0.05, 0) is 63.5 Å². The van der Waals surface area contributed by atoms with Crippen molar-refractivity contribution in [3.8, 4) is 0 Å². The highest BCUT2D eigenvalue weighted by Gasteiger charge is 2.42. The summed E-state index contributed by atoms with van der Waals surface area (Å²) in [6.45, 7) is 11.9. The second kappa shape index (κ2) is 7.48. The lowest BCUT2D eigenvalue weighted by Gasteiger charge is -2.26. The van der Waals surface area contributed by atoms with E-state index in [1.807, 2.05) is 0 Å². The van der Waals surface area contributed by atoms with E-state index in [-0.39, 0.29) is 12.0 Å². The first-order valence-corrected chi connectivity index (χ1v) is 9.21. The molecule has 1 aliphatic heterocycles. The van der Waals surface area contributed by atoms with Crippen LogP contribution in [0.15, 0.2) is 22.8 Å². The fraction of sp³-hybridized carbons (Fsp3) is 0.750. The van der Waals surface area contributed by atoms with Crippen molar-refractivity contribution in [3.05, 3.63) is 22.8 Å². The normalized spacial score (nSPS) is 29.6. The highest BCUT2D eigenvalue weighted by atomic mass is 16.2. The van der Waals surface area contributed by atoms with Crippen LogP contribution in [-0.4, -0.2) is 23.4 Å². The van der Waals surface area contributed by atoms with Crippen molar-refractivity contribution in [2.24, 2.45) is 11.8 Å². The Morgan fingerprint density at radius 3 is 2.41 bits per heavy atom. The number of likely N-dealkylation sites (tertiary alicyclic amines) is 1. The van der Waals surface area contributed by atoms with Gasteiger partial charge < -0.3 is 4.90 Å². The molecule has 2 heteroatoms. The van der Waals surface area contributed by atoms with Gasteiger partial charge in [-0.15, -0.1) is 0 Å². The predicted octanol–water partition coefficient (Wildman–Crippen LogP) is 5.11. The van der Waals surface area contributed by atoms with Crippen molar-refractivity contribution >= 4 is 5.91 Å². The van der Waals surface area contributed by atoms with Crippen molar-refractivity contribution in [2.45, 2.75) is 79.2 Å². The van der Waals surface area contributed by atoms with Crippen molar-refractivity contribution in [3.63, 3.8) is 0 Å². The van der Waals surface area contributed by atoms with E-state index in [2.05, 4.69) is 45.6 Å². The summed E-state index contributed by atoms with van der Waals surface area (Å²) in [6, 6.07) is 0.280. The predicted molar refractivity (Wildman–Crippen MR) is 93.7 cm³/mol. The minimum atomic E-state index is 0.112. The van der Waals surface area contributed by atoms with Gasteiger partial charge in [-0.1, -0.05) is 38.3 Å². The summed E-state index contributed by atoms with van der Waals surface area (Å²) < 4.78 is 0. The number of carbonyl (C=O) groups is 1. The Morgan fingerprint density at radius 2 is 1.91 bits per heavy atom. The van der Waals surface area contributed by atoms with E-state index in [1.54, 1.807) is 0 Å². The van der Waals surface area contributed by atoms with Crippen LogP contribution in [0.4, 0.5) is 0 Å². The monoisotopic (exact) mass is 303 g/mol. The average Bonchev–Trinajstić information content (AvgIpc) is 3.11. The first-order valence-electron chi connectivity index (χ1n) is 9.21. The fourth-order valence-electron chi connectivity index (χ4n) is 4.44. The molecular formula is C20H33NO.